The van der Waals surface area contributed by atoms with Gasteiger partial charge in [0.25, 0.3) is 11.8 Å². The standard InChI is InChI=1S/C25H17ClN2O5S/c26-20-10-3-1-7-17(20)14-33-21-11-4-2-6-15(21)13-19-22(29)27-25(34)28(23(19)30)18-9-5-8-16(12-18)24(31)32/h1-13H,14H2,(H,31,32)(H,27,29,34). The van der Waals surface area contributed by atoms with Gasteiger partial charge in [0.2, 0.25) is 0 Å². The van der Waals surface area contributed by atoms with Gasteiger partial charge in [-0.05, 0) is 48.6 Å². The molecule has 3 aromatic rings. The van der Waals surface area contributed by atoms with E-state index in [-0.39, 0.29) is 28.5 Å². The molecule has 3 aromatic carbocycles. The van der Waals surface area contributed by atoms with Crippen LogP contribution in [0.2, 0.25) is 5.02 Å². The SMILES string of the molecule is O=C1NC(=S)N(c2cccc(C(=O)O)c2)C(=O)C1=Cc1ccccc1OCc1ccccc1Cl. The molecular formula is C25H17ClN2O5S. The lowest BCUT2D eigenvalue weighted by Gasteiger charge is -2.29. The van der Waals surface area contributed by atoms with E-state index in [9.17, 15) is 19.5 Å². The molecular weight excluding hydrogens is 476 g/mol. The van der Waals surface area contributed by atoms with Crippen molar-refractivity contribution >= 4 is 58.5 Å². The smallest absolute Gasteiger partial charge is 0.335 e. The van der Waals surface area contributed by atoms with Crippen molar-refractivity contribution in [2.75, 3.05) is 4.90 Å². The molecule has 1 saturated heterocycles. The van der Waals surface area contributed by atoms with Crippen LogP contribution in [0.25, 0.3) is 6.08 Å². The summed E-state index contributed by atoms with van der Waals surface area (Å²) in [5.41, 5.74) is 1.31. The number of para-hydroxylation sites is 1. The Kier molecular flexibility index (Phi) is 6.72. The van der Waals surface area contributed by atoms with Gasteiger partial charge in [0.15, 0.2) is 5.11 Å². The van der Waals surface area contributed by atoms with Gasteiger partial charge in [-0.15, -0.1) is 0 Å². The van der Waals surface area contributed by atoms with Crippen LogP contribution in [0.15, 0.2) is 78.4 Å². The number of carboxylic acid groups (broad SMARTS) is 1. The molecule has 2 amide bonds. The molecule has 0 aromatic heterocycles. The van der Waals surface area contributed by atoms with E-state index in [1.807, 2.05) is 18.2 Å². The summed E-state index contributed by atoms with van der Waals surface area (Å²) in [6.07, 6.45) is 1.41. The number of rotatable bonds is 6. The molecule has 7 nitrogen and oxygen atoms in total. The second-order valence-corrected chi connectivity index (χ2v) is 8.03. The highest BCUT2D eigenvalue weighted by atomic mass is 35.5. The number of nitrogens with one attached hydrogen (secondary N) is 1. The van der Waals surface area contributed by atoms with Crippen molar-refractivity contribution in [2.45, 2.75) is 6.61 Å². The van der Waals surface area contributed by atoms with E-state index < -0.39 is 17.8 Å². The van der Waals surface area contributed by atoms with Gasteiger partial charge >= 0.3 is 5.97 Å². The minimum absolute atomic E-state index is 0.0196. The van der Waals surface area contributed by atoms with E-state index in [2.05, 4.69) is 5.32 Å². The molecule has 2 N–H and O–H groups in total. The minimum Gasteiger partial charge on any atom is -0.488 e. The summed E-state index contributed by atoms with van der Waals surface area (Å²) in [7, 11) is 0. The highest BCUT2D eigenvalue weighted by molar-refractivity contribution is 7.80. The van der Waals surface area contributed by atoms with Crippen LogP contribution in [0.1, 0.15) is 21.5 Å². The number of thiocarbonyl (C=S) groups is 1. The summed E-state index contributed by atoms with van der Waals surface area (Å²) in [6, 6.07) is 19.9. The summed E-state index contributed by atoms with van der Waals surface area (Å²) in [5.74, 6) is -2.05. The van der Waals surface area contributed by atoms with Crippen molar-refractivity contribution < 1.29 is 24.2 Å². The highest BCUT2D eigenvalue weighted by Gasteiger charge is 2.35. The molecule has 0 spiro atoms. The quantitative estimate of drug-likeness (QED) is 0.300. The number of ether oxygens (including phenoxy) is 1. The molecule has 34 heavy (non-hydrogen) atoms. The van der Waals surface area contributed by atoms with Crippen LogP contribution in [0, 0.1) is 0 Å². The molecule has 0 atom stereocenters. The molecule has 4 rings (SSSR count). The maximum absolute atomic E-state index is 13.3. The topological polar surface area (TPSA) is 95.9 Å². The normalized spacial score (nSPS) is 14.8. The lowest BCUT2D eigenvalue weighted by molar-refractivity contribution is -0.122. The van der Waals surface area contributed by atoms with Gasteiger partial charge in [0, 0.05) is 16.1 Å². The van der Waals surface area contributed by atoms with E-state index >= 15 is 0 Å². The van der Waals surface area contributed by atoms with E-state index in [1.165, 1.54) is 30.3 Å². The van der Waals surface area contributed by atoms with Gasteiger partial charge in [-0.2, -0.15) is 0 Å². The molecule has 0 unspecified atom stereocenters. The average Bonchev–Trinajstić information content (AvgIpc) is 2.82. The third kappa shape index (κ3) is 4.83. The summed E-state index contributed by atoms with van der Waals surface area (Å²) < 4.78 is 5.91. The van der Waals surface area contributed by atoms with Gasteiger partial charge in [-0.1, -0.05) is 54.1 Å². The van der Waals surface area contributed by atoms with Gasteiger partial charge in [0.05, 0.1) is 11.3 Å². The molecule has 170 valence electrons. The molecule has 0 radical (unpaired) electrons. The minimum atomic E-state index is -1.15. The van der Waals surface area contributed by atoms with Crippen LogP contribution < -0.4 is 15.0 Å². The number of carbonyl (C=O) groups excluding carboxylic acids is 2. The Labute approximate surface area is 205 Å². The Morgan fingerprint density at radius 1 is 1.06 bits per heavy atom. The predicted octanol–water partition coefficient (Wildman–Crippen LogP) is 4.45. The maximum Gasteiger partial charge on any atom is 0.335 e. The number of carboxylic acids is 1. The lowest BCUT2D eigenvalue weighted by Crippen LogP contribution is -2.54. The molecule has 1 aliphatic heterocycles. The number of carbonyl (C=O) groups is 3. The third-order valence-electron chi connectivity index (χ3n) is 5.01. The van der Waals surface area contributed by atoms with Crippen LogP contribution in [0.4, 0.5) is 5.69 Å². The molecule has 0 aliphatic carbocycles. The number of aromatic carboxylic acids is 1. The zero-order valence-electron chi connectivity index (χ0n) is 17.5. The molecule has 0 saturated carbocycles. The first-order valence-corrected chi connectivity index (χ1v) is 10.8. The Morgan fingerprint density at radius 2 is 1.79 bits per heavy atom. The Bertz CT molecular complexity index is 1350. The maximum atomic E-state index is 13.3. The van der Waals surface area contributed by atoms with E-state index in [0.717, 1.165) is 10.5 Å². The first-order chi connectivity index (χ1) is 16.3. The fourth-order valence-corrected chi connectivity index (χ4v) is 3.80. The van der Waals surface area contributed by atoms with Gasteiger partial charge in [-0.3, -0.25) is 19.8 Å². The van der Waals surface area contributed by atoms with E-state index in [1.54, 1.807) is 30.3 Å². The van der Waals surface area contributed by atoms with Gasteiger partial charge in [0.1, 0.15) is 17.9 Å². The number of anilines is 1. The van der Waals surface area contributed by atoms with E-state index in [0.29, 0.717) is 16.3 Å². The van der Waals surface area contributed by atoms with Crippen molar-refractivity contribution in [1.29, 1.82) is 0 Å². The first-order valence-electron chi connectivity index (χ1n) is 10.0. The summed E-state index contributed by atoms with van der Waals surface area (Å²) in [4.78, 5) is 38.3. The number of benzene rings is 3. The van der Waals surface area contributed by atoms with Crippen LogP contribution in [0.5, 0.6) is 5.75 Å². The second-order valence-electron chi connectivity index (χ2n) is 7.23. The van der Waals surface area contributed by atoms with Gasteiger partial charge in [-0.25, -0.2) is 4.79 Å². The third-order valence-corrected chi connectivity index (χ3v) is 5.67. The lowest BCUT2D eigenvalue weighted by atomic mass is 10.1. The van der Waals surface area contributed by atoms with Crippen LogP contribution in [0.3, 0.4) is 0 Å². The fraction of sp³-hybridized carbons (Fsp3) is 0.0400. The van der Waals surface area contributed by atoms with Crippen LogP contribution >= 0.6 is 23.8 Å². The average molecular weight is 493 g/mol. The Morgan fingerprint density at radius 3 is 2.56 bits per heavy atom. The zero-order valence-corrected chi connectivity index (χ0v) is 19.1. The summed E-state index contributed by atoms with van der Waals surface area (Å²) in [5, 5.41) is 12.2. The molecule has 1 aliphatic rings. The largest absolute Gasteiger partial charge is 0.488 e. The zero-order chi connectivity index (χ0) is 24.2. The molecule has 9 heteroatoms. The monoisotopic (exact) mass is 492 g/mol. The van der Waals surface area contributed by atoms with Crippen LogP contribution in [-0.2, 0) is 16.2 Å². The highest BCUT2D eigenvalue weighted by Crippen LogP contribution is 2.27. The number of amides is 2. The summed E-state index contributed by atoms with van der Waals surface area (Å²) in [6.45, 7) is 0.193. The predicted molar refractivity (Wildman–Crippen MR) is 132 cm³/mol. The molecule has 1 heterocycles. The molecule has 1 fully saturated rings. The Balaban J connectivity index is 1.66. The fourth-order valence-electron chi connectivity index (χ4n) is 3.33. The number of hydrogen-bond acceptors (Lipinski definition) is 5. The van der Waals surface area contributed by atoms with Crippen molar-refractivity contribution in [2.24, 2.45) is 0 Å². The van der Waals surface area contributed by atoms with Crippen molar-refractivity contribution in [3.05, 3.63) is 100 Å². The van der Waals surface area contributed by atoms with Crippen LogP contribution in [-0.4, -0.2) is 28.0 Å². The number of halogens is 1. The Hall–Kier alpha value is -4.01. The molecule has 0 bridgehead atoms. The van der Waals surface area contributed by atoms with Crippen molar-refractivity contribution in [3.8, 4) is 5.75 Å². The van der Waals surface area contributed by atoms with Crippen molar-refractivity contribution in [1.82, 2.24) is 5.32 Å². The second kappa shape index (κ2) is 9.86. The summed E-state index contributed by atoms with van der Waals surface area (Å²) >= 11 is 11.4. The van der Waals surface area contributed by atoms with E-state index in [4.69, 9.17) is 28.6 Å². The first kappa shape index (κ1) is 23.2. The van der Waals surface area contributed by atoms with Crippen molar-refractivity contribution in [3.63, 3.8) is 0 Å². The number of nitrogens with zero attached hydrogens (tertiary/aromatic N) is 1. The van der Waals surface area contributed by atoms with Gasteiger partial charge < -0.3 is 9.84 Å². The number of hydrogen-bond donors (Lipinski definition) is 2.